The summed E-state index contributed by atoms with van der Waals surface area (Å²) in [5.41, 5.74) is 5.51. The number of hydrogen-bond donors (Lipinski definition) is 2. The van der Waals surface area contributed by atoms with Crippen LogP contribution in [0.5, 0.6) is 0 Å². The zero-order valence-corrected chi connectivity index (χ0v) is 22.7. The number of nitrogens with one attached hydrogen (secondary N) is 2. The molecule has 5 heteroatoms. The van der Waals surface area contributed by atoms with Crippen molar-refractivity contribution in [2.75, 3.05) is 13.1 Å². The minimum Gasteiger partial charge on any atom is -0.444 e. The van der Waals surface area contributed by atoms with Gasteiger partial charge in [-0.25, -0.2) is 4.79 Å². The molecular weight excluding hydrogens is 458 g/mol. The fourth-order valence-electron chi connectivity index (χ4n) is 4.94. The van der Waals surface area contributed by atoms with Crippen LogP contribution >= 0.6 is 0 Å². The summed E-state index contributed by atoms with van der Waals surface area (Å²) in [4.78, 5) is 14.7. The van der Waals surface area contributed by atoms with Crippen molar-refractivity contribution in [2.24, 2.45) is 0 Å². The lowest BCUT2D eigenvalue weighted by Crippen LogP contribution is -2.42. The molecule has 1 aliphatic rings. The van der Waals surface area contributed by atoms with Crippen molar-refractivity contribution in [3.8, 4) is 11.1 Å². The van der Waals surface area contributed by atoms with Gasteiger partial charge in [-0.2, -0.15) is 0 Å². The maximum absolute atomic E-state index is 12.1. The summed E-state index contributed by atoms with van der Waals surface area (Å²) in [5, 5.41) is 6.74. The van der Waals surface area contributed by atoms with Gasteiger partial charge >= 0.3 is 6.09 Å². The number of carbonyl (C=O) groups excluding carboxylic acids is 1. The van der Waals surface area contributed by atoms with E-state index in [-0.39, 0.29) is 0 Å². The van der Waals surface area contributed by atoms with E-state index in [1.165, 1.54) is 24.0 Å². The summed E-state index contributed by atoms with van der Waals surface area (Å²) in [5.74, 6) is 0. The largest absolute Gasteiger partial charge is 0.444 e. The number of hydrogen-bond acceptors (Lipinski definition) is 4. The number of piperidine rings is 1. The van der Waals surface area contributed by atoms with Gasteiger partial charge in [-0.1, -0.05) is 78.9 Å². The Kier molecular flexibility index (Phi) is 9.01. The minimum atomic E-state index is -0.511. The number of rotatable bonds is 8. The number of nitrogens with zero attached hydrogens (tertiary/aromatic N) is 1. The summed E-state index contributed by atoms with van der Waals surface area (Å²) >= 11 is 0. The molecule has 1 saturated heterocycles. The molecule has 37 heavy (non-hydrogen) atoms. The van der Waals surface area contributed by atoms with E-state index in [1.807, 2.05) is 32.9 Å². The van der Waals surface area contributed by atoms with Gasteiger partial charge in [0.25, 0.3) is 0 Å². The van der Waals surface area contributed by atoms with Crippen LogP contribution in [-0.4, -0.2) is 35.7 Å². The zero-order valence-electron chi connectivity index (χ0n) is 22.7. The highest BCUT2D eigenvalue weighted by Gasteiger charge is 2.21. The van der Waals surface area contributed by atoms with Crippen LogP contribution in [0.3, 0.4) is 0 Å². The molecule has 4 rings (SSSR count). The Morgan fingerprint density at radius 2 is 1.59 bits per heavy atom. The molecule has 3 aromatic carbocycles. The SMILES string of the molecule is CC(NC1CCN(Cc2ccccc2)CC1)c1ccc(-c2ccccc2CNC(=O)OC(C)(C)C)cc1. The number of ether oxygens (including phenoxy) is 1. The standard InChI is InChI=1S/C32H41N3O2/c1-24(34-29-18-20-35(21-19-29)23-25-10-6-5-7-11-25)26-14-16-27(17-15-26)30-13-9-8-12-28(30)22-33-31(36)37-32(2,3)4/h5-17,24,29,34H,18-23H2,1-4H3,(H,33,36). The van der Waals surface area contributed by atoms with Crippen LogP contribution in [0.4, 0.5) is 4.79 Å². The van der Waals surface area contributed by atoms with Gasteiger partial charge in [-0.05, 0) is 81.4 Å². The van der Waals surface area contributed by atoms with Crippen LogP contribution in [0.1, 0.15) is 63.3 Å². The molecule has 196 valence electrons. The second-order valence-corrected chi connectivity index (χ2v) is 11.1. The number of likely N-dealkylation sites (tertiary alicyclic amines) is 1. The number of benzene rings is 3. The average molecular weight is 500 g/mol. The molecule has 0 aliphatic carbocycles. The van der Waals surface area contributed by atoms with Crippen molar-refractivity contribution in [1.82, 2.24) is 15.5 Å². The number of amides is 1. The van der Waals surface area contributed by atoms with Crippen molar-refractivity contribution < 1.29 is 9.53 Å². The summed E-state index contributed by atoms with van der Waals surface area (Å²) < 4.78 is 5.38. The van der Waals surface area contributed by atoms with Crippen molar-refractivity contribution >= 4 is 6.09 Å². The topological polar surface area (TPSA) is 53.6 Å². The van der Waals surface area contributed by atoms with Crippen LogP contribution in [0.25, 0.3) is 11.1 Å². The number of alkyl carbamates (subject to hydrolysis) is 1. The Hall–Kier alpha value is -3.15. The van der Waals surface area contributed by atoms with Gasteiger partial charge in [-0.3, -0.25) is 4.90 Å². The third-order valence-corrected chi connectivity index (χ3v) is 6.88. The highest BCUT2D eigenvalue weighted by atomic mass is 16.6. The first-order valence-corrected chi connectivity index (χ1v) is 13.4. The Balaban J connectivity index is 1.30. The minimum absolute atomic E-state index is 0.295. The Bertz CT molecular complexity index is 1130. The van der Waals surface area contributed by atoms with E-state index in [9.17, 15) is 4.79 Å². The molecule has 2 N–H and O–H groups in total. The summed E-state index contributed by atoms with van der Waals surface area (Å²) in [7, 11) is 0. The fraction of sp³-hybridized carbons (Fsp3) is 0.406. The maximum atomic E-state index is 12.1. The first-order chi connectivity index (χ1) is 17.8. The van der Waals surface area contributed by atoms with E-state index >= 15 is 0 Å². The van der Waals surface area contributed by atoms with Crippen LogP contribution in [0.2, 0.25) is 0 Å². The molecule has 1 amide bonds. The van der Waals surface area contributed by atoms with E-state index in [1.54, 1.807) is 0 Å². The molecule has 0 radical (unpaired) electrons. The van der Waals surface area contributed by atoms with Gasteiger partial charge in [-0.15, -0.1) is 0 Å². The van der Waals surface area contributed by atoms with E-state index in [0.29, 0.717) is 18.6 Å². The fourth-order valence-corrected chi connectivity index (χ4v) is 4.94. The third kappa shape index (κ3) is 8.17. The van der Waals surface area contributed by atoms with Gasteiger partial charge in [0.15, 0.2) is 0 Å². The van der Waals surface area contributed by atoms with Crippen molar-refractivity contribution in [2.45, 2.75) is 71.3 Å². The maximum Gasteiger partial charge on any atom is 0.407 e. The zero-order chi connectivity index (χ0) is 26.3. The summed E-state index contributed by atoms with van der Waals surface area (Å²) in [6.07, 6.45) is 1.95. The van der Waals surface area contributed by atoms with E-state index in [0.717, 1.165) is 36.3 Å². The van der Waals surface area contributed by atoms with Crippen molar-refractivity contribution in [3.63, 3.8) is 0 Å². The molecule has 1 atom stereocenters. The first kappa shape index (κ1) is 26.9. The van der Waals surface area contributed by atoms with E-state index < -0.39 is 11.7 Å². The molecule has 5 nitrogen and oxygen atoms in total. The predicted octanol–water partition coefficient (Wildman–Crippen LogP) is 6.69. The molecular formula is C32H41N3O2. The molecule has 1 fully saturated rings. The highest BCUT2D eigenvalue weighted by molar-refractivity contribution is 5.70. The smallest absolute Gasteiger partial charge is 0.407 e. The molecule has 1 unspecified atom stereocenters. The average Bonchev–Trinajstić information content (AvgIpc) is 2.88. The lowest BCUT2D eigenvalue weighted by atomic mass is 9.96. The molecule has 0 bridgehead atoms. The predicted molar refractivity (Wildman–Crippen MR) is 151 cm³/mol. The van der Waals surface area contributed by atoms with Crippen molar-refractivity contribution in [1.29, 1.82) is 0 Å². The molecule has 1 aliphatic heterocycles. The van der Waals surface area contributed by atoms with E-state index in [4.69, 9.17) is 4.74 Å². The van der Waals surface area contributed by atoms with Gasteiger partial charge < -0.3 is 15.4 Å². The normalized spacial score (nSPS) is 15.8. The molecule has 3 aromatic rings. The van der Waals surface area contributed by atoms with Gasteiger partial charge in [0.05, 0.1) is 0 Å². The second kappa shape index (κ2) is 12.4. The van der Waals surface area contributed by atoms with E-state index in [2.05, 4.69) is 89.2 Å². The van der Waals surface area contributed by atoms with Crippen LogP contribution in [-0.2, 0) is 17.8 Å². The Morgan fingerprint density at radius 1 is 0.946 bits per heavy atom. The van der Waals surface area contributed by atoms with Gasteiger partial charge in [0, 0.05) is 25.2 Å². The molecule has 0 spiro atoms. The van der Waals surface area contributed by atoms with Crippen LogP contribution in [0, 0.1) is 0 Å². The molecule has 0 saturated carbocycles. The monoisotopic (exact) mass is 499 g/mol. The van der Waals surface area contributed by atoms with Crippen molar-refractivity contribution in [3.05, 3.63) is 95.6 Å². The molecule has 0 aromatic heterocycles. The Labute approximate surface area is 222 Å². The van der Waals surface area contributed by atoms with Gasteiger partial charge in [0.1, 0.15) is 5.60 Å². The quantitative estimate of drug-likeness (QED) is 0.362. The lowest BCUT2D eigenvalue weighted by molar-refractivity contribution is 0.0523. The van der Waals surface area contributed by atoms with Crippen LogP contribution in [0.15, 0.2) is 78.9 Å². The summed E-state index contributed by atoms with van der Waals surface area (Å²) in [6.45, 7) is 11.6. The third-order valence-electron chi connectivity index (χ3n) is 6.88. The van der Waals surface area contributed by atoms with Crippen LogP contribution < -0.4 is 10.6 Å². The second-order valence-electron chi connectivity index (χ2n) is 11.1. The summed E-state index contributed by atoms with van der Waals surface area (Å²) in [6, 6.07) is 28.6. The Morgan fingerprint density at radius 3 is 2.27 bits per heavy atom. The number of carbonyl (C=O) groups is 1. The highest BCUT2D eigenvalue weighted by Crippen LogP contribution is 2.26. The first-order valence-electron chi connectivity index (χ1n) is 13.4. The van der Waals surface area contributed by atoms with Gasteiger partial charge in [0.2, 0.25) is 0 Å². The molecule has 1 heterocycles. The lowest BCUT2D eigenvalue weighted by Gasteiger charge is -2.34.